The van der Waals surface area contributed by atoms with Crippen LogP contribution in [0.15, 0.2) is 48.7 Å². The molecule has 0 saturated carbocycles. The van der Waals surface area contributed by atoms with E-state index >= 15 is 4.39 Å². The van der Waals surface area contributed by atoms with Gasteiger partial charge in [0.15, 0.2) is 0 Å². The third-order valence-electron chi connectivity index (χ3n) is 7.31. The highest BCUT2D eigenvalue weighted by molar-refractivity contribution is 5.90. The van der Waals surface area contributed by atoms with Crippen LogP contribution >= 0.6 is 0 Å². The number of benzene rings is 2. The van der Waals surface area contributed by atoms with E-state index in [-0.39, 0.29) is 31.5 Å². The fourth-order valence-corrected chi connectivity index (χ4v) is 5.15. The zero-order valence-electron chi connectivity index (χ0n) is 22.3. The monoisotopic (exact) mass is 552 g/mol. The van der Waals surface area contributed by atoms with Crippen LogP contribution in [-0.2, 0) is 25.5 Å². The second-order valence-corrected chi connectivity index (χ2v) is 9.97. The van der Waals surface area contributed by atoms with Crippen LogP contribution in [0.25, 0.3) is 10.9 Å². The maximum absolute atomic E-state index is 15.1. The van der Waals surface area contributed by atoms with Crippen LogP contribution in [0.2, 0.25) is 0 Å². The van der Waals surface area contributed by atoms with Gasteiger partial charge in [0.1, 0.15) is 18.5 Å². The lowest BCUT2D eigenvalue weighted by atomic mass is 10.1. The number of nitrogens with one attached hydrogen (secondary N) is 2. The van der Waals surface area contributed by atoms with Gasteiger partial charge in [0.25, 0.3) is 0 Å². The molecule has 1 aromatic heterocycles. The molecule has 0 radical (unpaired) electrons. The van der Waals surface area contributed by atoms with E-state index in [2.05, 4.69) is 10.3 Å². The molecular formula is C28H33FN6O5. The van der Waals surface area contributed by atoms with Crippen LogP contribution in [-0.4, -0.2) is 92.9 Å². The van der Waals surface area contributed by atoms with Gasteiger partial charge >= 0.3 is 6.09 Å². The van der Waals surface area contributed by atoms with E-state index in [9.17, 15) is 14.4 Å². The van der Waals surface area contributed by atoms with Crippen molar-refractivity contribution in [2.75, 3.05) is 62.8 Å². The zero-order chi connectivity index (χ0) is 28.2. The van der Waals surface area contributed by atoms with E-state index in [0.717, 1.165) is 16.5 Å². The highest BCUT2D eigenvalue weighted by Gasteiger charge is 2.33. The lowest BCUT2D eigenvalue weighted by molar-refractivity contribution is -0.135. The number of hydrogen-bond acceptors (Lipinski definition) is 7. The number of methoxy groups -OCH3 is 1. The van der Waals surface area contributed by atoms with Crippen molar-refractivity contribution in [3.8, 4) is 0 Å². The smallest absolute Gasteiger partial charge is 0.414 e. The number of H-pyrrole nitrogens is 1. The van der Waals surface area contributed by atoms with E-state index in [1.165, 1.54) is 18.1 Å². The van der Waals surface area contributed by atoms with Gasteiger partial charge in [-0.1, -0.05) is 18.2 Å². The summed E-state index contributed by atoms with van der Waals surface area (Å²) in [6, 6.07) is 11.6. The summed E-state index contributed by atoms with van der Waals surface area (Å²) in [5.41, 5.74) is 8.84. The molecule has 2 aliphatic heterocycles. The Hall–Kier alpha value is -4.16. The van der Waals surface area contributed by atoms with Gasteiger partial charge in [0, 0.05) is 50.4 Å². The molecule has 3 amide bonds. The first kappa shape index (κ1) is 27.4. The molecular weight excluding hydrogens is 519 g/mol. The molecule has 0 spiro atoms. The Morgan fingerprint density at radius 1 is 1.20 bits per heavy atom. The number of anilines is 2. The van der Waals surface area contributed by atoms with Crippen LogP contribution in [0.4, 0.5) is 20.6 Å². The number of aromatic nitrogens is 1. The van der Waals surface area contributed by atoms with Crippen molar-refractivity contribution >= 4 is 40.2 Å². The summed E-state index contributed by atoms with van der Waals surface area (Å²) in [7, 11) is 1.47. The molecule has 2 fully saturated rings. The third kappa shape index (κ3) is 5.87. The normalized spacial score (nSPS) is 18.2. The molecule has 12 heteroatoms. The summed E-state index contributed by atoms with van der Waals surface area (Å²) in [6.07, 6.45) is 0.996. The maximum atomic E-state index is 15.1. The standard InChI is InChI=1S/C28H33FN6O5/c1-39-17-26(36)34-10-8-33(9-11-34)25-7-6-19(13-22(25)29)35-16-20(40-28(35)38)15-32-27(37)23(30)12-18-14-31-24-5-3-2-4-21(18)24/h2-7,13-14,20,23,31H,8-12,15-17,30H2,1H3,(H,32,37)/t20?,23-/m1/s1. The predicted molar refractivity (Wildman–Crippen MR) is 148 cm³/mol. The van der Waals surface area contributed by atoms with Crippen molar-refractivity contribution in [1.82, 2.24) is 15.2 Å². The highest BCUT2D eigenvalue weighted by Crippen LogP contribution is 2.28. The predicted octanol–water partition coefficient (Wildman–Crippen LogP) is 1.61. The van der Waals surface area contributed by atoms with Gasteiger partial charge in [-0.25, -0.2) is 9.18 Å². The third-order valence-corrected chi connectivity index (χ3v) is 7.31. The number of para-hydroxylation sites is 1. The number of piperazine rings is 1. The quantitative estimate of drug-likeness (QED) is 0.367. The van der Waals surface area contributed by atoms with Crippen molar-refractivity contribution in [3.63, 3.8) is 0 Å². The van der Waals surface area contributed by atoms with Crippen molar-refractivity contribution < 1.29 is 28.2 Å². The molecule has 2 atom stereocenters. The first-order valence-electron chi connectivity index (χ1n) is 13.2. The summed E-state index contributed by atoms with van der Waals surface area (Å²) in [4.78, 5) is 45.3. The van der Waals surface area contributed by atoms with Crippen molar-refractivity contribution in [3.05, 3.63) is 60.0 Å². The van der Waals surface area contributed by atoms with Crippen LogP contribution in [0.5, 0.6) is 0 Å². The van der Waals surface area contributed by atoms with Crippen molar-refractivity contribution in [1.29, 1.82) is 0 Å². The summed E-state index contributed by atoms with van der Waals surface area (Å²) in [6.45, 7) is 2.20. The topological polar surface area (TPSA) is 133 Å². The molecule has 4 N–H and O–H groups in total. The molecule has 1 unspecified atom stereocenters. The number of ether oxygens (including phenoxy) is 2. The fourth-order valence-electron chi connectivity index (χ4n) is 5.15. The van der Waals surface area contributed by atoms with Crippen LogP contribution in [0.1, 0.15) is 5.56 Å². The first-order valence-corrected chi connectivity index (χ1v) is 13.2. The molecule has 11 nitrogen and oxygen atoms in total. The lowest BCUT2D eigenvalue weighted by Gasteiger charge is -2.36. The Bertz CT molecular complexity index is 1390. The minimum absolute atomic E-state index is 0.0253. The number of halogens is 1. The molecule has 5 rings (SSSR count). The second-order valence-electron chi connectivity index (χ2n) is 9.97. The Morgan fingerprint density at radius 3 is 2.73 bits per heavy atom. The van der Waals surface area contributed by atoms with Gasteiger partial charge in [0.2, 0.25) is 11.8 Å². The van der Waals surface area contributed by atoms with Gasteiger partial charge in [-0.2, -0.15) is 0 Å². The second kappa shape index (κ2) is 11.9. The minimum atomic E-state index is -0.769. The van der Waals surface area contributed by atoms with Gasteiger partial charge in [-0.15, -0.1) is 0 Å². The first-order chi connectivity index (χ1) is 19.3. The number of cyclic esters (lactones) is 1. The molecule has 2 aromatic carbocycles. The van der Waals surface area contributed by atoms with E-state index in [0.29, 0.717) is 44.0 Å². The molecule has 3 heterocycles. The maximum Gasteiger partial charge on any atom is 0.414 e. The summed E-state index contributed by atoms with van der Waals surface area (Å²) in [5, 5.41) is 3.78. The van der Waals surface area contributed by atoms with E-state index < -0.39 is 24.1 Å². The minimum Gasteiger partial charge on any atom is -0.442 e. The van der Waals surface area contributed by atoms with Crippen LogP contribution < -0.4 is 20.9 Å². The van der Waals surface area contributed by atoms with E-state index in [4.69, 9.17) is 15.2 Å². The SMILES string of the molecule is COCC(=O)N1CCN(c2ccc(N3CC(CNC(=O)[C@H](N)Cc4c[nH]c5ccccc45)OC3=O)cc2F)CC1. The lowest BCUT2D eigenvalue weighted by Crippen LogP contribution is -2.50. The molecule has 0 aliphatic carbocycles. The van der Waals surface area contributed by atoms with Gasteiger partial charge in [-0.3, -0.25) is 14.5 Å². The number of carbonyl (C=O) groups is 3. The number of nitrogens with two attached hydrogens (primary N) is 1. The number of nitrogens with zero attached hydrogens (tertiary/aromatic N) is 3. The molecule has 0 bridgehead atoms. The number of amides is 3. The Morgan fingerprint density at radius 2 is 1.98 bits per heavy atom. The Labute approximate surface area is 231 Å². The number of hydrogen-bond donors (Lipinski definition) is 3. The molecule has 2 saturated heterocycles. The largest absolute Gasteiger partial charge is 0.442 e. The summed E-state index contributed by atoms with van der Waals surface area (Å²) >= 11 is 0. The van der Waals surface area contributed by atoms with E-state index in [1.54, 1.807) is 17.0 Å². The van der Waals surface area contributed by atoms with Crippen LogP contribution in [0.3, 0.4) is 0 Å². The van der Waals surface area contributed by atoms with Gasteiger partial charge < -0.3 is 35.3 Å². The number of fused-ring (bicyclic) bond motifs is 1. The summed E-state index contributed by atoms with van der Waals surface area (Å²) in [5.74, 6) is -0.909. The average Bonchev–Trinajstić information content (AvgIpc) is 3.54. The number of carbonyl (C=O) groups excluding carboxylic acids is 3. The zero-order valence-corrected chi connectivity index (χ0v) is 22.3. The van der Waals surface area contributed by atoms with Crippen LogP contribution in [0, 0.1) is 5.82 Å². The van der Waals surface area contributed by atoms with Crippen molar-refractivity contribution in [2.24, 2.45) is 5.73 Å². The Balaban J connectivity index is 1.13. The summed E-state index contributed by atoms with van der Waals surface area (Å²) < 4.78 is 25.4. The van der Waals surface area contributed by atoms with Gasteiger partial charge in [-0.05, 0) is 36.2 Å². The fraction of sp³-hybridized carbons (Fsp3) is 0.393. The molecule has 3 aromatic rings. The average molecular weight is 553 g/mol. The van der Waals surface area contributed by atoms with Crippen molar-refractivity contribution in [2.45, 2.75) is 18.6 Å². The van der Waals surface area contributed by atoms with Gasteiger partial charge in [0.05, 0.1) is 30.5 Å². The Kier molecular flexibility index (Phi) is 8.17. The van der Waals surface area contributed by atoms with E-state index in [1.807, 2.05) is 35.4 Å². The molecule has 40 heavy (non-hydrogen) atoms. The molecule has 212 valence electrons. The molecule has 2 aliphatic rings. The number of aromatic amines is 1. The number of rotatable bonds is 9. The highest BCUT2D eigenvalue weighted by atomic mass is 19.1.